The predicted octanol–water partition coefficient (Wildman–Crippen LogP) is 17.7. The molecule has 0 saturated carbocycles. The third-order valence-electron chi connectivity index (χ3n) is 14.1. The van der Waals surface area contributed by atoms with Gasteiger partial charge in [0.2, 0.25) is 23.6 Å². The zero-order valence-corrected chi connectivity index (χ0v) is 43.3. The Morgan fingerprint density at radius 3 is 0.789 bits per heavy atom. The average Bonchev–Trinajstić information content (AvgIpc) is 4.23. The van der Waals surface area contributed by atoms with E-state index in [0.717, 1.165) is 100 Å². The topological polar surface area (TPSA) is 104 Å². The van der Waals surface area contributed by atoms with E-state index in [4.69, 9.17) is 18.8 Å². The Hall–Kier alpha value is -9.40. The maximum Gasteiger partial charge on any atom is 0.248 e. The second-order valence-electron chi connectivity index (χ2n) is 21.3. The van der Waals surface area contributed by atoms with Gasteiger partial charge in [-0.05, 0) is 104 Å². The van der Waals surface area contributed by atoms with E-state index in [9.17, 15) is 0 Å². The molecule has 3 aromatic heterocycles. The molecule has 8 heteroatoms. The molecule has 76 heavy (non-hydrogen) atoms. The van der Waals surface area contributed by atoms with E-state index >= 15 is 0 Å². The van der Waals surface area contributed by atoms with Crippen molar-refractivity contribution >= 4 is 11.0 Å². The molecule has 0 aliphatic rings. The first kappa shape index (κ1) is 47.6. The number of fused-ring (bicyclic) bond motifs is 1. The van der Waals surface area contributed by atoms with Crippen molar-refractivity contribution in [3.8, 4) is 113 Å². The predicted molar refractivity (Wildman–Crippen MR) is 307 cm³/mol. The molecule has 9 aromatic carbocycles. The molecule has 368 valence electrons. The Morgan fingerprint density at radius 2 is 0.500 bits per heavy atom. The minimum absolute atomic E-state index is 0.0157. The normalized spacial score (nSPS) is 11.8. The van der Waals surface area contributed by atoms with Gasteiger partial charge < -0.3 is 8.83 Å². The summed E-state index contributed by atoms with van der Waals surface area (Å²) in [5, 5.41) is 17.3. The van der Waals surface area contributed by atoms with Crippen LogP contribution in [0.5, 0.6) is 0 Å². The zero-order valence-electron chi connectivity index (χ0n) is 43.3. The van der Waals surface area contributed by atoms with Crippen molar-refractivity contribution in [1.29, 1.82) is 0 Å². The SMILES string of the molecule is CC(C)(C)c1ccc(-c2ccc(-c3ccc(C(C)(C)C)cc3)c3nc(-c4ccc(-c5ccc(-c6nnc(-c7ccccc7)o6)cc5)cc4)c(-c4ccc(-c5ccc(-c6nnc(-c7ccccc7)o6)cc5)cc4)nc23)cc1. The lowest BCUT2D eigenvalue weighted by atomic mass is 9.85. The second kappa shape index (κ2) is 19.5. The highest BCUT2D eigenvalue weighted by Crippen LogP contribution is 2.41. The molecular weight excluding hydrogens is 933 g/mol. The number of hydrogen-bond acceptors (Lipinski definition) is 8. The summed E-state index contributed by atoms with van der Waals surface area (Å²) in [5.41, 5.74) is 19.7. The fraction of sp³-hybridized carbons (Fsp3) is 0.118. The molecule has 0 bridgehead atoms. The summed E-state index contributed by atoms with van der Waals surface area (Å²) < 4.78 is 12.1. The maximum atomic E-state index is 6.07. The van der Waals surface area contributed by atoms with Crippen molar-refractivity contribution < 1.29 is 8.83 Å². The maximum absolute atomic E-state index is 6.07. The van der Waals surface area contributed by atoms with Crippen LogP contribution in [0.15, 0.2) is 227 Å². The molecule has 0 spiro atoms. The smallest absolute Gasteiger partial charge is 0.248 e. The standard InChI is InChI=1S/C68H54N6O2/c1-67(2,3)55-37-33-47(34-38-55)57-41-42-58(48-35-39-56(40-36-48)68(4,5)6)62-61(57)69-59(49-25-17-43(18-26-49)45-21-29-53(30-22-45)65-73-71-63(75-65)51-13-9-7-10-14-51)60(70-62)50-27-19-44(20-28-50)46-23-31-54(32-24-46)66-74-72-64(76-66)52-15-11-8-12-16-52/h7-42H,1-6H3. The quantitative estimate of drug-likeness (QED) is 0.133. The first-order chi connectivity index (χ1) is 36.9. The van der Waals surface area contributed by atoms with E-state index in [2.05, 4.69) is 195 Å². The molecule has 12 rings (SSSR count). The molecule has 12 aromatic rings. The van der Waals surface area contributed by atoms with Gasteiger partial charge in [0.05, 0.1) is 22.4 Å². The molecule has 3 heterocycles. The van der Waals surface area contributed by atoms with Crippen LogP contribution in [0.1, 0.15) is 52.7 Å². The molecule has 8 nitrogen and oxygen atoms in total. The highest BCUT2D eigenvalue weighted by atomic mass is 16.4. The molecule has 0 radical (unpaired) electrons. The van der Waals surface area contributed by atoms with Crippen LogP contribution in [0.4, 0.5) is 0 Å². The molecule has 0 saturated heterocycles. The molecule has 0 aliphatic heterocycles. The summed E-state index contributed by atoms with van der Waals surface area (Å²) in [4.78, 5) is 11.4. The van der Waals surface area contributed by atoms with Gasteiger partial charge in [-0.15, -0.1) is 20.4 Å². The van der Waals surface area contributed by atoms with E-state index in [-0.39, 0.29) is 10.8 Å². The summed E-state index contributed by atoms with van der Waals surface area (Å²) >= 11 is 0. The van der Waals surface area contributed by atoms with Crippen molar-refractivity contribution in [2.45, 2.75) is 52.4 Å². The first-order valence-electron chi connectivity index (χ1n) is 25.7. The third kappa shape index (κ3) is 9.53. The Kier molecular flexibility index (Phi) is 12.2. The van der Waals surface area contributed by atoms with Crippen LogP contribution in [0.2, 0.25) is 0 Å². The minimum Gasteiger partial charge on any atom is -0.416 e. The van der Waals surface area contributed by atoms with E-state index in [1.54, 1.807) is 0 Å². The summed E-state index contributed by atoms with van der Waals surface area (Å²) in [7, 11) is 0. The highest BCUT2D eigenvalue weighted by molar-refractivity contribution is 6.03. The van der Waals surface area contributed by atoms with Crippen molar-refractivity contribution in [2.75, 3.05) is 0 Å². The van der Waals surface area contributed by atoms with Crippen LogP contribution in [0, 0.1) is 0 Å². The fourth-order valence-corrected chi connectivity index (χ4v) is 9.63. The third-order valence-corrected chi connectivity index (χ3v) is 14.1. The fourth-order valence-electron chi connectivity index (χ4n) is 9.63. The van der Waals surface area contributed by atoms with Gasteiger partial charge in [-0.1, -0.05) is 211 Å². The van der Waals surface area contributed by atoms with Gasteiger partial charge in [0.25, 0.3) is 0 Å². The van der Waals surface area contributed by atoms with E-state index in [0.29, 0.717) is 23.6 Å². The molecule has 0 aliphatic carbocycles. The van der Waals surface area contributed by atoms with Crippen molar-refractivity contribution in [3.63, 3.8) is 0 Å². The van der Waals surface area contributed by atoms with E-state index in [1.165, 1.54) is 11.1 Å². The van der Waals surface area contributed by atoms with Crippen molar-refractivity contribution in [2.24, 2.45) is 0 Å². The summed E-state index contributed by atoms with van der Waals surface area (Å²) in [5.74, 6) is 1.93. The average molecular weight is 987 g/mol. The molecule has 0 unspecified atom stereocenters. The van der Waals surface area contributed by atoms with Crippen LogP contribution < -0.4 is 0 Å². The van der Waals surface area contributed by atoms with Gasteiger partial charge in [0.15, 0.2) is 0 Å². The Labute approximate surface area is 442 Å². The number of aromatic nitrogens is 6. The largest absolute Gasteiger partial charge is 0.416 e. The van der Waals surface area contributed by atoms with E-state index in [1.807, 2.05) is 84.9 Å². The summed E-state index contributed by atoms with van der Waals surface area (Å²) in [6, 6.07) is 75.6. The monoisotopic (exact) mass is 986 g/mol. The van der Waals surface area contributed by atoms with Crippen LogP contribution in [-0.4, -0.2) is 30.4 Å². The van der Waals surface area contributed by atoms with Crippen molar-refractivity contribution in [1.82, 2.24) is 30.4 Å². The van der Waals surface area contributed by atoms with Gasteiger partial charge in [0.1, 0.15) is 0 Å². The Bertz CT molecular complexity index is 3720. The van der Waals surface area contributed by atoms with E-state index < -0.39 is 0 Å². The number of rotatable bonds is 10. The van der Waals surface area contributed by atoms with Crippen LogP contribution in [0.3, 0.4) is 0 Å². The number of nitrogens with zero attached hydrogens (tertiary/aromatic N) is 6. The lowest BCUT2D eigenvalue weighted by Gasteiger charge is -2.20. The number of hydrogen-bond donors (Lipinski definition) is 0. The van der Waals surface area contributed by atoms with Gasteiger partial charge in [-0.2, -0.15) is 0 Å². The lowest BCUT2D eigenvalue weighted by molar-refractivity contribution is 0.584. The Morgan fingerprint density at radius 1 is 0.250 bits per heavy atom. The molecule has 0 amide bonds. The summed E-state index contributed by atoms with van der Waals surface area (Å²) in [6.45, 7) is 13.5. The minimum atomic E-state index is 0.0157. The van der Waals surface area contributed by atoms with Gasteiger partial charge in [0, 0.05) is 44.5 Å². The van der Waals surface area contributed by atoms with Gasteiger partial charge in [-0.3, -0.25) is 0 Å². The van der Waals surface area contributed by atoms with Gasteiger partial charge in [-0.25, -0.2) is 9.97 Å². The first-order valence-corrected chi connectivity index (χ1v) is 25.7. The second-order valence-corrected chi connectivity index (χ2v) is 21.3. The van der Waals surface area contributed by atoms with Crippen molar-refractivity contribution in [3.05, 3.63) is 230 Å². The van der Waals surface area contributed by atoms with Crippen LogP contribution >= 0.6 is 0 Å². The lowest BCUT2D eigenvalue weighted by Crippen LogP contribution is -2.10. The summed E-state index contributed by atoms with van der Waals surface area (Å²) in [6.07, 6.45) is 0. The molecule has 0 N–H and O–H groups in total. The molecule has 0 atom stereocenters. The zero-order chi connectivity index (χ0) is 52.0. The number of benzene rings is 9. The van der Waals surface area contributed by atoms with Gasteiger partial charge >= 0.3 is 0 Å². The molecule has 0 fully saturated rings. The van der Waals surface area contributed by atoms with Crippen LogP contribution in [0.25, 0.3) is 124 Å². The molecular formula is C68H54N6O2. The highest BCUT2D eigenvalue weighted by Gasteiger charge is 2.22. The van der Waals surface area contributed by atoms with Crippen LogP contribution in [-0.2, 0) is 10.8 Å². The Balaban J connectivity index is 0.945.